The molecule has 0 aliphatic heterocycles. The van der Waals surface area contributed by atoms with Crippen molar-refractivity contribution in [3.63, 3.8) is 0 Å². The van der Waals surface area contributed by atoms with Gasteiger partial charge in [0.15, 0.2) is 20.5 Å². The van der Waals surface area contributed by atoms with Crippen LogP contribution >= 0.6 is 177 Å². The van der Waals surface area contributed by atoms with E-state index in [2.05, 4.69) is 120 Å². The van der Waals surface area contributed by atoms with Crippen LogP contribution in [0.3, 0.4) is 0 Å². The lowest BCUT2D eigenvalue weighted by atomic mass is 10.4. The van der Waals surface area contributed by atoms with E-state index in [4.69, 9.17) is 126 Å². The molecule has 10 aromatic heterocycles. The zero-order chi connectivity index (χ0) is 59.9. The molecule has 0 saturated heterocycles. The van der Waals surface area contributed by atoms with E-state index in [1.165, 1.54) is 50.0 Å². The second-order valence-corrected chi connectivity index (χ2v) is 33.1. The number of rotatable bonds is 2. The van der Waals surface area contributed by atoms with Crippen LogP contribution in [-0.4, -0.2) is 57.9 Å². The summed E-state index contributed by atoms with van der Waals surface area (Å²) in [6.45, 7) is 13.7. The summed E-state index contributed by atoms with van der Waals surface area (Å²) < 4.78 is 33.6. The molecule has 10 heterocycles. The molecule has 0 radical (unpaired) electrons. The first-order valence-corrected chi connectivity index (χ1v) is 37.0. The first-order valence-electron chi connectivity index (χ1n) is 21.6. The van der Waals surface area contributed by atoms with E-state index in [-0.39, 0.29) is 11.5 Å². The number of halogens is 13. The monoisotopic (exact) mass is 1570 g/mol. The molecule has 3 N–H and O–H groups in total. The number of nitrogens with zero attached hydrogens (tertiary/aromatic N) is 7. The van der Waals surface area contributed by atoms with Crippen molar-refractivity contribution in [1.29, 1.82) is 5.26 Å². The van der Waals surface area contributed by atoms with Gasteiger partial charge < -0.3 is 27.9 Å². The van der Waals surface area contributed by atoms with Crippen LogP contribution in [0.25, 0.3) is 44.4 Å². The Morgan fingerprint density at radius 2 is 1.10 bits per heavy atom. The van der Waals surface area contributed by atoms with E-state index in [9.17, 15) is 9.77 Å². The average molecular weight is 1580 g/mol. The Labute approximate surface area is 538 Å². The Morgan fingerprint density at radius 1 is 0.633 bits per heavy atom. The van der Waals surface area contributed by atoms with Crippen LogP contribution in [0.5, 0.6) is 11.5 Å². The van der Waals surface area contributed by atoms with Gasteiger partial charge in [0.1, 0.15) is 70.2 Å². The molecule has 15 nitrogen and oxygen atoms in total. The maximum absolute atomic E-state index is 9.53. The molecule has 0 atom stereocenters. The Hall–Kier alpha value is -3.18. The van der Waals surface area contributed by atoms with Crippen molar-refractivity contribution >= 4 is 250 Å². The Bertz CT molecular complexity index is 3680. The number of aromatic nitrogens is 6. The van der Waals surface area contributed by atoms with E-state index in [1.807, 2.05) is 47.7 Å². The molecule has 0 aliphatic carbocycles. The van der Waals surface area contributed by atoms with E-state index < -0.39 is 22.8 Å². The minimum Gasteiger partial charge on any atom is -0.506 e. The first-order chi connectivity index (χ1) is 36.9. The number of hydrogen-bond donors (Lipinski definition) is 3. The smallest absolute Gasteiger partial charge is 0.339 e. The van der Waals surface area contributed by atoms with E-state index >= 15 is 0 Å². The summed E-state index contributed by atoms with van der Waals surface area (Å²) in [6, 6.07) is 15.6. The molecule has 0 bridgehead atoms. The molecule has 0 spiro atoms. The summed E-state index contributed by atoms with van der Waals surface area (Å²) in [4.78, 5) is 19.7. The van der Waals surface area contributed by atoms with E-state index in [0.717, 1.165) is 47.2 Å². The van der Waals surface area contributed by atoms with Crippen molar-refractivity contribution in [2.75, 3.05) is 0 Å². The summed E-state index contributed by atoms with van der Waals surface area (Å²) >= 11 is 63.7. The van der Waals surface area contributed by atoms with Gasteiger partial charge in [-0.05, 0) is 92.8 Å². The number of fused-ring (bicyclic) bond motifs is 4. The van der Waals surface area contributed by atoms with Crippen molar-refractivity contribution in [3.05, 3.63) is 145 Å². The van der Waals surface area contributed by atoms with Gasteiger partial charge in [-0.25, -0.2) is 4.98 Å². The van der Waals surface area contributed by atoms with Crippen LogP contribution in [0.4, 0.5) is 0 Å². The molecule has 0 fully saturated rings. The van der Waals surface area contributed by atoms with Gasteiger partial charge in [-0.3, -0.25) is 29.7 Å². The van der Waals surface area contributed by atoms with Gasteiger partial charge in [0, 0.05) is 85.1 Å². The third kappa shape index (κ3) is 26.3. The van der Waals surface area contributed by atoms with Crippen LogP contribution in [0.2, 0.25) is 66.4 Å². The molecule has 79 heavy (non-hydrogen) atoms. The minimum absolute atomic E-state index is 0.0949. The average Bonchev–Trinajstić information content (AvgIpc) is 4.18. The van der Waals surface area contributed by atoms with Crippen LogP contribution < -0.4 is 15.5 Å². The SMILES string of the molecule is C#CC.CC#N.C[SiH](C)c1cc2c(cc(Cl)c[n+]2O)o1.C[SiH](C)c1cc2ncc(Cl)c(Cl)c2o1.Cc1cc2ncc(Cl)cc2o1.Clc1cnc2cc(I)oc2c1Cl.O=P(Cl)(Cl)Cl.Oc1cc(Cl)cnc1I.Oc1cncc(Cl)c1. The van der Waals surface area contributed by atoms with Gasteiger partial charge in [0.25, 0.3) is 0 Å². The number of furan rings is 4. The maximum Gasteiger partial charge on any atom is 0.339 e. The summed E-state index contributed by atoms with van der Waals surface area (Å²) in [5.41, 5.74) is 5.58. The zero-order valence-electron chi connectivity index (χ0n) is 41.8. The van der Waals surface area contributed by atoms with Gasteiger partial charge >= 0.3 is 10.7 Å². The van der Waals surface area contributed by atoms with Crippen LogP contribution in [0.1, 0.15) is 19.6 Å². The second kappa shape index (κ2) is 35.7. The van der Waals surface area contributed by atoms with Crippen LogP contribution in [-0.2, 0) is 4.57 Å². The maximum atomic E-state index is 9.53. The predicted octanol–water partition coefficient (Wildman–Crippen LogP) is 18.1. The lowest BCUT2D eigenvalue weighted by Crippen LogP contribution is -2.30. The third-order valence-electron chi connectivity index (χ3n) is 8.46. The standard InChI is InChI=1S/C9H9Cl2NOSi.C9H11ClNO2Si.C8H6ClNO.C7H2Cl2INO.C5H3ClINO.C5H4ClNO.C3H4.C2H3N.Cl3OP/c1-14(2)7-3-6-9(13-7)8(11)5(10)4-12-6;1-14(2)9-4-7-8(13-9)3-6(10)5-11(7)12;1-5-2-7-8(11-5)3-6(9)4-10-7;8-3-2-11-4-1-5(10)12-7(4)6(3)9;6-3-1-4(9)5(7)8-2-3;6-4-1-5(8)3-7-2-4;1-3-2;1-2-3;1-5(2,3)4/h3-4,14H,1-2H3;3-5,12,14H,1-2H3;2-4H,1H3;1-2H;1-2,9H;1-3,8H;1H,2H3;1H3;/q;+1;;;;;;;. The fourth-order valence-electron chi connectivity index (χ4n) is 5.29. The molecule has 10 aromatic rings. The van der Waals surface area contributed by atoms with Crippen LogP contribution in [0.15, 0.2) is 110 Å². The van der Waals surface area contributed by atoms with E-state index in [0.29, 0.717) is 66.1 Å². The Balaban J connectivity index is 0.000000315. The lowest BCUT2D eigenvalue weighted by molar-refractivity contribution is -0.884. The van der Waals surface area contributed by atoms with Gasteiger partial charge in [-0.2, -0.15) is 5.26 Å². The van der Waals surface area contributed by atoms with Crippen molar-refractivity contribution < 1.29 is 42.4 Å². The minimum atomic E-state index is -3.22. The highest BCUT2D eigenvalue weighted by Gasteiger charge is 2.18. The quantitative estimate of drug-likeness (QED) is 0.0279. The molecule has 0 aliphatic rings. The molecular weight excluding hydrogens is 1530 g/mol. The summed E-state index contributed by atoms with van der Waals surface area (Å²) in [5, 5.41) is 36.9. The summed E-state index contributed by atoms with van der Waals surface area (Å²) in [6.07, 6.45) is 15.0. The molecular formula is C48H42Cl11I2N7O8PSi2+. The highest BCUT2D eigenvalue weighted by molar-refractivity contribution is 14.1. The predicted molar refractivity (Wildman–Crippen MR) is 346 cm³/mol. The number of pyridine rings is 6. The Kier molecular flexibility index (Phi) is 32.5. The number of terminal acetylenes is 1. The fraction of sp³-hybridized carbons (Fsp3) is 0.146. The number of nitriles is 1. The molecule has 0 unspecified atom stereocenters. The van der Waals surface area contributed by atoms with E-state index in [1.54, 1.807) is 43.6 Å². The van der Waals surface area contributed by atoms with Crippen LogP contribution in [0, 0.1) is 38.1 Å². The molecule has 10 rings (SSSR count). The van der Waals surface area contributed by atoms with Crippen molar-refractivity contribution in [2.45, 2.75) is 47.0 Å². The molecule has 420 valence electrons. The Morgan fingerprint density at radius 3 is 1.59 bits per heavy atom. The lowest BCUT2D eigenvalue weighted by Gasteiger charge is -1.95. The van der Waals surface area contributed by atoms with Gasteiger partial charge in [0.2, 0.25) is 11.8 Å². The normalized spacial score (nSPS) is 10.2. The second-order valence-electron chi connectivity index (χ2n) is 15.3. The summed E-state index contributed by atoms with van der Waals surface area (Å²) in [5.74, 6) is 3.33. The third-order valence-corrected chi connectivity index (χ3v) is 15.0. The molecule has 0 saturated carbocycles. The van der Waals surface area contributed by atoms with Crippen molar-refractivity contribution in [1.82, 2.24) is 24.9 Å². The summed E-state index contributed by atoms with van der Waals surface area (Å²) in [7, 11) is -1.92. The number of hydrogen-bond acceptors (Lipinski definition) is 14. The van der Waals surface area contributed by atoms with Gasteiger partial charge in [-0.15, -0.1) is 12.3 Å². The molecule has 0 aromatic carbocycles. The number of aromatic hydroxyl groups is 2. The molecule has 0 amide bonds. The fourth-order valence-corrected chi connectivity index (χ4v) is 9.09. The molecule has 31 heteroatoms. The van der Waals surface area contributed by atoms with Crippen molar-refractivity contribution in [3.8, 4) is 29.9 Å². The van der Waals surface area contributed by atoms with Gasteiger partial charge in [-0.1, -0.05) is 119 Å². The van der Waals surface area contributed by atoms with Gasteiger partial charge in [0.05, 0.1) is 54.2 Å². The first kappa shape index (κ1) is 71.9. The number of aryl methyl sites for hydroxylation is 1. The zero-order valence-corrected chi connectivity index (χ0v) is 57.6. The van der Waals surface area contributed by atoms with Crippen molar-refractivity contribution in [2.24, 2.45) is 0 Å². The highest BCUT2D eigenvalue weighted by atomic mass is 127. The topological polar surface area (TPSA) is 222 Å². The highest BCUT2D eigenvalue weighted by Crippen LogP contribution is 2.61. The largest absolute Gasteiger partial charge is 0.506 e.